The van der Waals surface area contributed by atoms with Crippen LogP contribution in [0.2, 0.25) is 0 Å². The largest absolute Gasteiger partial charge is 0.462 e. The second-order valence-corrected chi connectivity index (χ2v) is 11.0. The van der Waals surface area contributed by atoms with Crippen molar-refractivity contribution in [3.8, 4) is 0 Å². The lowest BCUT2D eigenvalue weighted by atomic mass is 10.0. The lowest BCUT2D eigenvalue weighted by Gasteiger charge is -2.15. The standard InChI is InChI=1S/C31H60O5/c1-4-5-6-17-22-25-31(34)36-29(26-32)27-35-30(33)24-21-19-16-14-12-10-8-7-9-11-13-15-18-20-23-28(2)3/h28-29,32H,4-27H2,1-3H3/t29-/m0/s1. The van der Waals surface area contributed by atoms with E-state index in [0.717, 1.165) is 38.0 Å². The third-order valence-electron chi connectivity index (χ3n) is 6.83. The molecule has 5 heteroatoms. The Morgan fingerprint density at radius 3 is 1.47 bits per heavy atom. The number of hydrogen-bond acceptors (Lipinski definition) is 5. The molecule has 0 aromatic heterocycles. The lowest BCUT2D eigenvalue weighted by molar-refractivity contribution is -0.161. The molecule has 0 heterocycles. The topological polar surface area (TPSA) is 72.8 Å². The van der Waals surface area contributed by atoms with Gasteiger partial charge in [0, 0.05) is 12.8 Å². The predicted molar refractivity (Wildman–Crippen MR) is 150 cm³/mol. The molecule has 214 valence electrons. The summed E-state index contributed by atoms with van der Waals surface area (Å²) in [5, 5.41) is 9.39. The second kappa shape index (κ2) is 26.9. The summed E-state index contributed by atoms with van der Waals surface area (Å²) in [5.41, 5.74) is 0. The number of hydrogen-bond donors (Lipinski definition) is 1. The molecule has 0 aliphatic rings. The average Bonchev–Trinajstić information content (AvgIpc) is 2.85. The Balaban J connectivity index is 3.47. The lowest BCUT2D eigenvalue weighted by Crippen LogP contribution is -2.28. The van der Waals surface area contributed by atoms with Gasteiger partial charge < -0.3 is 14.6 Å². The van der Waals surface area contributed by atoms with Gasteiger partial charge in [-0.15, -0.1) is 0 Å². The number of unbranched alkanes of at least 4 members (excludes halogenated alkanes) is 17. The maximum Gasteiger partial charge on any atom is 0.306 e. The third-order valence-corrected chi connectivity index (χ3v) is 6.83. The van der Waals surface area contributed by atoms with Gasteiger partial charge >= 0.3 is 11.9 Å². The summed E-state index contributed by atoms with van der Waals surface area (Å²) >= 11 is 0. The van der Waals surface area contributed by atoms with Crippen LogP contribution in [0.1, 0.15) is 162 Å². The molecular formula is C31H60O5. The van der Waals surface area contributed by atoms with Gasteiger partial charge in [-0.25, -0.2) is 0 Å². The van der Waals surface area contributed by atoms with Crippen molar-refractivity contribution in [1.29, 1.82) is 0 Å². The summed E-state index contributed by atoms with van der Waals surface area (Å²) in [6, 6.07) is 0. The van der Waals surface area contributed by atoms with Crippen molar-refractivity contribution < 1.29 is 24.2 Å². The van der Waals surface area contributed by atoms with Gasteiger partial charge in [0.2, 0.25) is 0 Å². The molecule has 0 amide bonds. The number of esters is 2. The first-order valence-corrected chi connectivity index (χ1v) is 15.5. The molecule has 0 saturated heterocycles. The van der Waals surface area contributed by atoms with Crippen LogP contribution in [0.3, 0.4) is 0 Å². The number of carbonyl (C=O) groups is 2. The Bertz CT molecular complexity index is 491. The fraction of sp³-hybridized carbons (Fsp3) is 0.935. The zero-order valence-electron chi connectivity index (χ0n) is 24.2. The number of carbonyl (C=O) groups excluding carboxylic acids is 2. The second-order valence-electron chi connectivity index (χ2n) is 11.0. The highest BCUT2D eigenvalue weighted by Gasteiger charge is 2.16. The van der Waals surface area contributed by atoms with Crippen LogP contribution in [0.25, 0.3) is 0 Å². The summed E-state index contributed by atoms with van der Waals surface area (Å²) < 4.78 is 10.4. The molecule has 5 nitrogen and oxygen atoms in total. The normalized spacial score (nSPS) is 12.1. The van der Waals surface area contributed by atoms with E-state index in [0.29, 0.717) is 12.8 Å². The summed E-state index contributed by atoms with van der Waals surface area (Å²) in [6.45, 7) is 6.39. The van der Waals surface area contributed by atoms with E-state index in [-0.39, 0.29) is 25.2 Å². The fourth-order valence-electron chi connectivity index (χ4n) is 4.44. The van der Waals surface area contributed by atoms with Crippen LogP contribution >= 0.6 is 0 Å². The van der Waals surface area contributed by atoms with Crippen LogP contribution < -0.4 is 0 Å². The van der Waals surface area contributed by atoms with Gasteiger partial charge in [0.1, 0.15) is 6.61 Å². The van der Waals surface area contributed by atoms with E-state index in [1.165, 1.54) is 96.3 Å². The minimum atomic E-state index is -0.758. The monoisotopic (exact) mass is 512 g/mol. The first kappa shape index (κ1) is 34.9. The quantitative estimate of drug-likeness (QED) is 0.0880. The van der Waals surface area contributed by atoms with Crippen LogP contribution in [0, 0.1) is 5.92 Å². The van der Waals surface area contributed by atoms with Crippen LogP contribution in [0.15, 0.2) is 0 Å². The molecular weight excluding hydrogens is 452 g/mol. The van der Waals surface area contributed by atoms with E-state index in [2.05, 4.69) is 20.8 Å². The number of aliphatic hydroxyl groups is 1. The zero-order valence-corrected chi connectivity index (χ0v) is 24.2. The van der Waals surface area contributed by atoms with Gasteiger partial charge in [-0.1, -0.05) is 136 Å². The molecule has 0 rings (SSSR count). The van der Waals surface area contributed by atoms with Crippen molar-refractivity contribution in [3.05, 3.63) is 0 Å². The Hall–Kier alpha value is -1.10. The molecule has 0 fully saturated rings. The third kappa shape index (κ3) is 26.0. The van der Waals surface area contributed by atoms with Gasteiger partial charge in [0.05, 0.1) is 6.61 Å². The molecule has 0 aromatic rings. The molecule has 0 unspecified atom stereocenters. The summed E-state index contributed by atoms with van der Waals surface area (Å²) in [4.78, 5) is 23.8. The van der Waals surface area contributed by atoms with Crippen molar-refractivity contribution in [2.45, 2.75) is 168 Å². The van der Waals surface area contributed by atoms with E-state index in [4.69, 9.17) is 9.47 Å². The SMILES string of the molecule is CCCCCCCC(=O)O[C@@H](CO)COC(=O)CCCCCCCCCCCCCCCCC(C)C. The van der Waals surface area contributed by atoms with E-state index in [9.17, 15) is 14.7 Å². The fourth-order valence-corrected chi connectivity index (χ4v) is 4.44. The molecule has 0 spiro atoms. The van der Waals surface area contributed by atoms with Crippen molar-refractivity contribution in [2.24, 2.45) is 5.92 Å². The van der Waals surface area contributed by atoms with Crippen molar-refractivity contribution in [1.82, 2.24) is 0 Å². The summed E-state index contributed by atoms with van der Waals surface area (Å²) in [6.07, 6.45) is 24.7. The molecule has 0 aromatic carbocycles. The van der Waals surface area contributed by atoms with Gasteiger partial charge in [-0.05, 0) is 18.8 Å². The van der Waals surface area contributed by atoms with Crippen LogP contribution in [-0.2, 0) is 19.1 Å². The zero-order chi connectivity index (χ0) is 26.7. The van der Waals surface area contributed by atoms with Crippen LogP contribution in [0.4, 0.5) is 0 Å². The molecule has 0 saturated carbocycles. The highest BCUT2D eigenvalue weighted by molar-refractivity contribution is 5.70. The smallest absolute Gasteiger partial charge is 0.306 e. The first-order valence-electron chi connectivity index (χ1n) is 15.5. The molecule has 1 atom stereocenters. The maximum atomic E-state index is 11.9. The molecule has 36 heavy (non-hydrogen) atoms. The van der Waals surface area contributed by atoms with E-state index in [1.807, 2.05) is 0 Å². The van der Waals surface area contributed by atoms with Crippen LogP contribution in [-0.4, -0.2) is 36.4 Å². The number of aliphatic hydroxyl groups excluding tert-OH is 1. The Kier molecular flexibility index (Phi) is 26.1. The number of ether oxygens (including phenoxy) is 2. The van der Waals surface area contributed by atoms with Crippen molar-refractivity contribution in [2.75, 3.05) is 13.2 Å². The average molecular weight is 513 g/mol. The highest BCUT2D eigenvalue weighted by atomic mass is 16.6. The Labute approximate surface area is 223 Å². The van der Waals surface area contributed by atoms with E-state index < -0.39 is 6.10 Å². The summed E-state index contributed by atoms with van der Waals surface area (Å²) in [7, 11) is 0. The molecule has 0 bridgehead atoms. The molecule has 0 radical (unpaired) electrons. The van der Waals surface area contributed by atoms with Gasteiger partial charge in [-0.2, -0.15) is 0 Å². The Morgan fingerprint density at radius 1 is 0.611 bits per heavy atom. The van der Waals surface area contributed by atoms with Gasteiger partial charge in [0.15, 0.2) is 6.10 Å². The molecule has 0 aliphatic carbocycles. The minimum absolute atomic E-state index is 0.0605. The number of rotatable bonds is 27. The van der Waals surface area contributed by atoms with Gasteiger partial charge in [0.25, 0.3) is 0 Å². The summed E-state index contributed by atoms with van der Waals surface area (Å²) in [5.74, 6) is 0.254. The van der Waals surface area contributed by atoms with Crippen LogP contribution in [0.5, 0.6) is 0 Å². The molecule has 0 aliphatic heterocycles. The van der Waals surface area contributed by atoms with Crippen molar-refractivity contribution >= 4 is 11.9 Å². The van der Waals surface area contributed by atoms with E-state index in [1.54, 1.807) is 0 Å². The van der Waals surface area contributed by atoms with Crippen molar-refractivity contribution in [3.63, 3.8) is 0 Å². The minimum Gasteiger partial charge on any atom is -0.462 e. The van der Waals surface area contributed by atoms with E-state index >= 15 is 0 Å². The maximum absolute atomic E-state index is 11.9. The highest BCUT2D eigenvalue weighted by Crippen LogP contribution is 2.15. The predicted octanol–water partition coefficient (Wildman–Crippen LogP) is 8.69. The first-order chi connectivity index (χ1) is 17.5. The van der Waals surface area contributed by atoms with Gasteiger partial charge in [-0.3, -0.25) is 9.59 Å². The Morgan fingerprint density at radius 2 is 1.03 bits per heavy atom. The molecule has 1 N–H and O–H groups in total.